The molecule has 8 nitrogen and oxygen atoms in total. The highest BCUT2D eigenvalue weighted by Crippen LogP contribution is 2.33. The molecule has 168 valence electrons. The molecule has 33 heavy (non-hydrogen) atoms. The monoisotopic (exact) mass is 446 g/mol. The lowest BCUT2D eigenvalue weighted by atomic mass is 10.0. The lowest BCUT2D eigenvalue weighted by Gasteiger charge is -2.30. The van der Waals surface area contributed by atoms with Crippen LogP contribution >= 0.6 is 0 Å². The Morgan fingerprint density at radius 2 is 2.09 bits per heavy atom. The highest BCUT2D eigenvalue weighted by molar-refractivity contribution is 5.95. The third-order valence-corrected chi connectivity index (χ3v) is 6.21. The molecule has 1 fully saturated rings. The minimum atomic E-state index is -0.337. The molecular formula is C24H23FN6O2. The smallest absolute Gasteiger partial charge is 0.274 e. The number of aryl methyl sites for hydroxylation is 1. The zero-order chi connectivity index (χ0) is 22.9. The second-order valence-corrected chi connectivity index (χ2v) is 8.41. The molecule has 0 aliphatic carbocycles. The number of amides is 2. The third kappa shape index (κ3) is 4.18. The number of benzene rings is 1. The van der Waals surface area contributed by atoms with Crippen LogP contribution in [0.2, 0.25) is 0 Å². The first-order valence-electron chi connectivity index (χ1n) is 11.0. The van der Waals surface area contributed by atoms with Gasteiger partial charge in [0.05, 0.1) is 12.7 Å². The van der Waals surface area contributed by atoms with Crippen molar-refractivity contribution in [1.29, 1.82) is 0 Å². The molecular weight excluding hydrogens is 423 g/mol. The van der Waals surface area contributed by atoms with Crippen molar-refractivity contribution in [2.45, 2.75) is 38.6 Å². The van der Waals surface area contributed by atoms with E-state index in [0.29, 0.717) is 48.8 Å². The van der Waals surface area contributed by atoms with Gasteiger partial charge in [0.1, 0.15) is 23.2 Å². The van der Waals surface area contributed by atoms with Crippen LogP contribution in [0.15, 0.2) is 42.9 Å². The summed E-state index contributed by atoms with van der Waals surface area (Å²) < 4.78 is 13.7. The standard InChI is InChI=1S/C24H23FN6O2/c1-15-19-5-6-21(32)31(13-16-3-2-4-18(25)11-16)23(19)29-22(28-15)17-7-10-30(14-17)24(33)20-12-26-8-9-27-20/h2-4,8-9,11-12,17H,5-7,10,13-14H2,1H3/t17-/m1/s1. The number of fused-ring (bicyclic) bond motifs is 1. The van der Waals surface area contributed by atoms with Crippen molar-refractivity contribution in [3.63, 3.8) is 0 Å². The molecule has 0 N–H and O–H groups in total. The molecule has 0 unspecified atom stereocenters. The highest BCUT2D eigenvalue weighted by atomic mass is 19.1. The van der Waals surface area contributed by atoms with E-state index in [2.05, 4.69) is 9.97 Å². The fourth-order valence-electron chi connectivity index (χ4n) is 4.49. The summed E-state index contributed by atoms with van der Waals surface area (Å²) in [5.41, 5.74) is 2.80. The minimum absolute atomic E-state index is 0.0392. The molecule has 1 atom stereocenters. The van der Waals surface area contributed by atoms with E-state index in [4.69, 9.17) is 9.97 Å². The van der Waals surface area contributed by atoms with Crippen LogP contribution in [0.3, 0.4) is 0 Å². The Balaban J connectivity index is 1.41. The zero-order valence-corrected chi connectivity index (χ0v) is 18.2. The average molecular weight is 446 g/mol. The summed E-state index contributed by atoms with van der Waals surface area (Å²) in [5, 5.41) is 0. The van der Waals surface area contributed by atoms with Crippen molar-refractivity contribution in [2.75, 3.05) is 18.0 Å². The van der Waals surface area contributed by atoms with Gasteiger partial charge in [-0.05, 0) is 37.5 Å². The van der Waals surface area contributed by atoms with Gasteiger partial charge in [0.15, 0.2) is 0 Å². The summed E-state index contributed by atoms with van der Waals surface area (Å²) in [5.74, 6) is 0.638. The normalized spacial score (nSPS) is 17.9. The van der Waals surface area contributed by atoms with Gasteiger partial charge in [-0.15, -0.1) is 0 Å². The summed E-state index contributed by atoms with van der Waals surface area (Å²) in [6, 6.07) is 6.25. The number of hydrogen-bond donors (Lipinski definition) is 0. The van der Waals surface area contributed by atoms with Gasteiger partial charge < -0.3 is 4.90 Å². The van der Waals surface area contributed by atoms with Crippen LogP contribution in [0.1, 0.15) is 51.9 Å². The lowest BCUT2D eigenvalue weighted by Crippen LogP contribution is -2.36. The SMILES string of the molecule is Cc1nc([C@@H]2CCN(C(=O)c3cnccn3)C2)nc2c1CCC(=O)N2Cc1cccc(F)c1. The number of nitrogens with zero attached hydrogens (tertiary/aromatic N) is 6. The fraction of sp³-hybridized carbons (Fsp3) is 0.333. The van der Waals surface area contributed by atoms with Gasteiger partial charge >= 0.3 is 0 Å². The van der Waals surface area contributed by atoms with Crippen LogP contribution in [0.4, 0.5) is 10.2 Å². The summed E-state index contributed by atoms with van der Waals surface area (Å²) in [4.78, 5) is 46.5. The van der Waals surface area contributed by atoms with E-state index in [9.17, 15) is 14.0 Å². The summed E-state index contributed by atoms with van der Waals surface area (Å²) >= 11 is 0. The van der Waals surface area contributed by atoms with Gasteiger partial charge in [-0.1, -0.05) is 12.1 Å². The third-order valence-electron chi connectivity index (χ3n) is 6.21. The molecule has 0 spiro atoms. The second-order valence-electron chi connectivity index (χ2n) is 8.41. The van der Waals surface area contributed by atoms with Crippen LogP contribution in [-0.2, 0) is 17.8 Å². The predicted molar refractivity (Wildman–Crippen MR) is 118 cm³/mol. The van der Waals surface area contributed by atoms with Crippen LogP contribution in [0.5, 0.6) is 0 Å². The molecule has 2 aromatic heterocycles. The predicted octanol–water partition coefficient (Wildman–Crippen LogP) is 2.82. The largest absolute Gasteiger partial charge is 0.337 e. The molecule has 3 aromatic rings. The van der Waals surface area contributed by atoms with Gasteiger partial charge in [-0.25, -0.2) is 19.3 Å². The first-order valence-corrected chi connectivity index (χ1v) is 11.0. The molecule has 0 radical (unpaired) electrons. The molecule has 5 rings (SSSR count). The lowest BCUT2D eigenvalue weighted by molar-refractivity contribution is -0.119. The van der Waals surface area contributed by atoms with Gasteiger partial charge in [0.25, 0.3) is 5.91 Å². The molecule has 2 aliphatic rings. The number of halogens is 1. The summed E-state index contributed by atoms with van der Waals surface area (Å²) in [6.07, 6.45) is 6.18. The first-order chi connectivity index (χ1) is 16.0. The first kappa shape index (κ1) is 21.1. The minimum Gasteiger partial charge on any atom is -0.337 e. The molecule has 2 aliphatic heterocycles. The molecule has 4 heterocycles. The average Bonchev–Trinajstić information content (AvgIpc) is 3.31. The molecule has 0 saturated carbocycles. The number of carbonyl (C=O) groups is 2. The maximum atomic E-state index is 13.7. The number of aromatic nitrogens is 4. The number of likely N-dealkylation sites (tertiary alicyclic amines) is 1. The Morgan fingerprint density at radius 1 is 1.21 bits per heavy atom. The molecule has 1 aromatic carbocycles. The number of hydrogen-bond acceptors (Lipinski definition) is 6. The zero-order valence-electron chi connectivity index (χ0n) is 18.2. The van der Waals surface area contributed by atoms with Gasteiger partial charge in [0, 0.05) is 49.1 Å². The molecule has 9 heteroatoms. The quantitative estimate of drug-likeness (QED) is 0.612. The molecule has 2 amide bonds. The number of carbonyl (C=O) groups excluding carboxylic acids is 2. The van der Waals surface area contributed by atoms with Crippen molar-refractivity contribution in [1.82, 2.24) is 24.8 Å². The van der Waals surface area contributed by atoms with Crippen molar-refractivity contribution >= 4 is 17.6 Å². The Bertz CT molecular complexity index is 1220. The maximum absolute atomic E-state index is 13.7. The topological polar surface area (TPSA) is 92.2 Å². The van der Waals surface area contributed by atoms with Gasteiger partial charge in [0.2, 0.25) is 5.91 Å². The van der Waals surface area contributed by atoms with Crippen molar-refractivity contribution in [3.05, 3.63) is 77.0 Å². The van der Waals surface area contributed by atoms with E-state index < -0.39 is 0 Å². The second kappa shape index (κ2) is 8.65. The van der Waals surface area contributed by atoms with E-state index in [-0.39, 0.29) is 30.1 Å². The van der Waals surface area contributed by atoms with Crippen molar-refractivity contribution in [3.8, 4) is 0 Å². The van der Waals surface area contributed by atoms with Crippen LogP contribution in [0.25, 0.3) is 0 Å². The van der Waals surface area contributed by atoms with Crippen LogP contribution < -0.4 is 4.90 Å². The maximum Gasteiger partial charge on any atom is 0.274 e. The summed E-state index contributed by atoms with van der Waals surface area (Å²) in [7, 11) is 0. The van der Waals surface area contributed by atoms with Gasteiger partial charge in [-0.2, -0.15) is 0 Å². The van der Waals surface area contributed by atoms with Crippen molar-refractivity contribution in [2.24, 2.45) is 0 Å². The Kier molecular flexibility index (Phi) is 5.53. The van der Waals surface area contributed by atoms with Crippen LogP contribution in [0, 0.1) is 12.7 Å². The highest BCUT2D eigenvalue weighted by Gasteiger charge is 2.33. The molecule has 1 saturated heterocycles. The van der Waals surface area contributed by atoms with E-state index in [1.807, 2.05) is 6.92 Å². The fourth-order valence-corrected chi connectivity index (χ4v) is 4.49. The van der Waals surface area contributed by atoms with Gasteiger partial charge in [-0.3, -0.25) is 19.5 Å². The van der Waals surface area contributed by atoms with E-state index in [0.717, 1.165) is 17.7 Å². The Morgan fingerprint density at radius 3 is 2.88 bits per heavy atom. The van der Waals surface area contributed by atoms with Crippen molar-refractivity contribution < 1.29 is 14.0 Å². The summed E-state index contributed by atoms with van der Waals surface area (Å²) in [6.45, 7) is 3.23. The number of rotatable bonds is 4. The van der Waals surface area contributed by atoms with E-state index >= 15 is 0 Å². The van der Waals surface area contributed by atoms with E-state index in [1.165, 1.54) is 30.7 Å². The Hall–Kier alpha value is -3.75. The molecule has 0 bridgehead atoms. The van der Waals surface area contributed by atoms with Crippen LogP contribution in [-0.4, -0.2) is 49.7 Å². The Labute approximate surface area is 190 Å². The van der Waals surface area contributed by atoms with E-state index in [1.54, 1.807) is 21.9 Å². The number of anilines is 1.